The lowest BCUT2D eigenvalue weighted by Gasteiger charge is -2.29. The number of para-hydroxylation sites is 2. The van der Waals surface area contributed by atoms with Crippen LogP contribution in [0.3, 0.4) is 0 Å². The lowest BCUT2D eigenvalue weighted by molar-refractivity contribution is -0.113. The molecule has 0 saturated heterocycles. The fourth-order valence-corrected chi connectivity index (χ4v) is 4.17. The molecule has 2 heterocycles. The van der Waals surface area contributed by atoms with E-state index in [1.165, 1.54) is 0 Å². The van der Waals surface area contributed by atoms with E-state index in [2.05, 4.69) is 22.5 Å². The SMILES string of the molecule is CCSc1nc2n(n1)[C@H](c1ccc(C)cc1)C(C(=O)Nc1ccccc1OC)=C(C)N2. The maximum Gasteiger partial charge on any atom is 0.255 e. The number of hydrogen-bond acceptors (Lipinski definition) is 6. The molecule has 31 heavy (non-hydrogen) atoms. The number of hydrogen-bond donors (Lipinski definition) is 2. The molecule has 1 atom stereocenters. The van der Waals surface area contributed by atoms with Gasteiger partial charge in [0.2, 0.25) is 11.1 Å². The van der Waals surface area contributed by atoms with Gasteiger partial charge in [0.1, 0.15) is 11.8 Å². The lowest BCUT2D eigenvalue weighted by Crippen LogP contribution is -2.31. The molecule has 4 rings (SSSR count). The van der Waals surface area contributed by atoms with E-state index in [1.54, 1.807) is 23.6 Å². The summed E-state index contributed by atoms with van der Waals surface area (Å²) in [5.41, 5.74) is 4.06. The monoisotopic (exact) mass is 435 g/mol. The van der Waals surface area contributed by atoms with Crippen LogP contribution in [0.5, 0.6) is 5.75 Å². The first-order valence-corrected chi connectivity index (χ1v) is 11.1. The summed E-state index contributed by atoms with van der Waals surface area (Å²) in [7, 11) is 1.58. The fraction of sp³-hybridized carbons (Fsp3) is 0.261. The molecule has 0 unspecified atom stereocenters. The van der Waals surface area contributed by atoms with E-state index in [1.807, 2.05) is 62.4 Å². The predicted molar refractivity (Wildman–Crippen MR) is 124 cm³/mol. The molecule has 1 aliphatic heterocycles. The van der Waals surface area contributed by atoms with Gasteiger partial charge in [-0.3, -0.25) is 4.79 Å². The van der Waals surface area contributed by atoms with Gasteiger partial charge in [-0.1, -0.05) is 60.6 Å². The quantitative estimate of drug-likeness (QED) is 0.549. The number of fused-ring (bicyclic) bond motifs is 1. The minimum Gasteiger partial charge on any atom is -0.495 e. The molecule has 1 aromatic heterocycles. The second-order valence-corrected chi connectivity index (χ2v) is 8.46. The van der Waals surface area contributed by atoms with Crippen LogP contribution in [-0.4, -0.2) is 33.5 Å². The van der Waals surface area contributed by atoms with E-state index in [9.17, 15) is 4.79 Å². The Bertz CT molecular complexity index is 1140. The Labute approximate surface area is 185 Å². The van der Waals surface area contributed by atoms with Crippen LogP contribution in [0, 0.1) is 6.92 Å². The number of aromatic nitrogens is 3. The summed E-state index contributed by atoms with van der Waals surface area (Å²) >= 11 is 1.57. The van der Waals surface area contributed by atoms with E-state index < -0.39 is 6.04 Å². The fourth-order valence-electron chi connectivity index (χ4n) is 3.61. The first-order chi connectivity index (χ1) is 15.0. The smallest absolute Gasteiger partial charge is 0.255 e. The van der Waals surface area contributed by atoms with Crippen molar-refractivity contribution in [1.29, 1.82) is 0 Å². The number of carbonyl (C=O) groups excluding carboxylic acids is 1. The predicted octanol–water partition coefficient (Wildman–Crippen LogP) is 4.63. The van der Waals surface area contributed by atoms with Gasteiger partial charge in [0.25, 0.3) is 5.91 Å². The van der Waals surface area contributed by atoms with Crippen LogP contribution in [0.25, 0.3) is 0 Å². The van der Waals surface area contributed by atoms with Gasteiger partial charge in [-0.05, 0) is 37.3 Å². The molecule has 1 aliphatic rings. The van der Waals surface area contributed by atoms with Gasteiger partial charge in [-0.2, -0.15) is 4.98 Å². The van der Waals surface area contributed by atoms with Gasteiger partial charge in [-0.25, -0.2) is 4.68 Å². The molecular formula is C23H25N5O2S. The Balaban J connectivity index is 1.78. The van der Waals surface area contributed by atoms with Crippen LogP contribution in [0.2, 0.25) is 0 Å². The number of methoxy groups -OCH3 is 1. The maximum atomic E-state index is 13.5. The number of amides is 1. The van der Waals surface area contributed by atoms with Gasteiger partial charge in [0.05, 0.1) is 18.4 Å². The zero-order valence-corrected chi connectivity index (χ0v) is 18.8. The molecule has 3 aromatic rings. The zero-order valence-electron chi connectivity index (χ0n) is 18.0. The number of anilines is 2. The van der Waals surface area contributed by atoms with Gasteiger partial charge >= 0.3 is 0 Å². The summed E-state index contributed by atoms with van der Waals surface area (Å²) in [4.78, 5) is 18.1. The Morgan fingerprint density at radius 3 is 2.65 bits per heavy atom. The van der Waals surface area contributed by atoms with Crippen LogP contribution in [-0.2, 0) is 4.79 Å². The first kappa shape index (κ1) is 21.0. The average Bonchev–Trinajstić information content (AvgIpc) is 3.16. The van der Waals surface area contributed by atoms with Crippen LogP contribution in [0.1, 0.15) is 31.0 Å². The van der Waals surface area contributed by atoms with Crippen molar-refractivity contribution in [3.05, 3.63) is 70.9 Å². The summed E-state index contributed by atoms with van der Waals surface area (Å²) in [5.74, 6) is 1.89. The molecule has 7 nitrogen and oxygen atoms in total. The number of carbonyl (C=O) groups is 1. The van der Waals surface area contributed by atoms with E-state index >= 15 is 0 Å². The Morgan fingerprint density at radius 1 is 1.19 bits per heavy atom. The van der Waals surface area contributed by atoms with E-state index in [4.69, 9.17) is 9.84 Å². The third-order valence-corrected chi connectivity index (χ3v) is 5.82. The van der Waals surface area contributed by atoms with Crippen molar-refractivity contribution in [2.45, 2.75) is 32.0 Å². The minimum atomic E-state index is -0.398. The molecule has 8 heteroatoms. The molecule has 0 saturated carbocycles. The maximum absolute atomic E-state index is 13.5. The van der Waals surface area contributed by atoms with Crippen molar-refractivity contribution in [1.82, 2.24) is 14.8 Å². The van der Waals surface area contributed by atoms with E-state index in [0.29, 0.717) is 28.1 Å². The zero-order chi connectivity index (χ0) is 22.0. The third kappa shape index (κ3) is 4.16. The minimum absolute atomic E-state index is 0.217. The summed E-state index contributed by atoms with van der Waals surface area (Å²) < 4.78 is 7.19. The van der Waals surface area contributed by atoms with Crippen LogP contribution in [0.4, 0.5) is 11.6 Å². The van der Waals surface area contributed by atoms with Crippen molar-refractivity contribution in [3.63, 3.8) is 0 Å². The number of nitrogens with zero attached hydrogens (tertiary/aromatic N) is 3. The lowest BCUT2D eigenvalue weighted by atomic mass is 9.94. The molecule has 0 spiro atoms. The Morgan fingerprint density at radius 2 is 1.94 bits per heavy atom. The molecule has 160 valence electrons. The molecule has 0 radical (unpaired) electrons. The van der Waals surface area contributed by atoms with Crippen molar-refractivity contribution >= 4 is 29.3 Å². The van der Waals surface area contributed by atoms with Crippen molar-refractivity contribution in [2.24, 2.45) is 0 Å². The van der Waals surface area contributed by atoms with Gasteiger partial charge in [0, 0.05) is 5.70 Å². The number of rotatable bonds is 6. The molecule has 2 aromatic carbocycles. The highest BCUT2D eigenvalue weighted by Crippen LogP contribution is 2.37. The standard InChI is InChI=1S/C23H25N5O2S/c1-5-31-23-26-22-24-15(3)19(21(29)25-17-8-6-7-9-18(17)30-4)20(28(22)27-23)16-12-10-14(2)11-13-16/h6-13,20H,5H2,1-4H3,(H,25,29)(H,24,26,27)/t20-/m1/s1. The number of thioether (sulfide) groups is 1. The largest absolute Gasteiger partial charge is 0.495 e. The highest BCUT2D eigenvalue weighted by molar-refractivity contribution is 7.99. The van der Waals surface area contributed by atoms with E-state index in [-0.39, 0.29) is 5.91 Å². The van der Waals surface area contributed by atoms with Crippen molar-refractivity contribution in [2.75, 3.05) is 23.5 Å². The summed E-state index contributed by atoms with van der Waals surface area (Å²) in [6.45, 7) is 5.99. The molecule has 0 bridgehead atoms. The number of aryl methyl sites for hydroxylation is 1. The number of ether oxygens (including phenoxy) is 1. The van der Waals surface area contributed by atoms with Gasteiger partial charge in [0.15, 0.2) is 0 Å². The molecular weight excluding hydrogens is 410 g/mol. The topological polar surface area (TPSA) is 81.1 Å². The van der Waals surface area contributed by atoms with Crippen LogP contribution < -0.4 is 15.4 Å². The molecule has 0 aliphatic carbocycles. The first-order valence-electron chi connectivity index (χ1n) is 10.1. The van der Waals surface area contributed by atoms with Gasteiger partial charge < -0.3 is 15.4 Å². The second kappa shape index (κ2) is 8.85. The molecule has 2 N–H and O–H groups in total. The van der Waals surface area contributed by atoms with Crippen LogP contribution in [0.15, 0.2) is 65.0 Å². The number of nitrogens with one attached hydrogen (secondary N) is 2. The summed E-state index contributed by atoms with van der Waals surface area (Å²) in [6.07, 6.45) is 0. The summed E-state index contributed by atoms with van der Waals surface area (Å²) in [6, 6.07) is 15.1. The third-order valence-electron chi connectivity index (χ3n) is 5.10. The van der Waals surface area contributed by atoms with E-state index in [0.717, 1.165) is 22.6 Å². The van der Waals surface area contributed by atoms with Crippen LogP contribution >= 0.6 is 11.8 Å². The molecule has 1 amide bonds. The number of allylic oxidation sites excluding steroid dienone is 1. The Kier molecular flexibility index (Phi) is 5.99. The average molecular weight is 436 g/mol. The number of benzene rings is 2. The second-order valence-electron chi connectivity index (χ2n) is 7.23. The highest BCUT2D eigenvalue weighted by Gasteiger charge is 2.34. The Hall–Kier alpha value is -3.26. The van der Waals surface area contributed by atoms with Crippen molar-refractivity contribution in [3.8, 4) is 5.75 Å². The van der Waals surface area contributed by atoms with Gasteiger partial charge in [-0.15, -0.1) is 5.10 Å². The van der Waals surface area contributed by atoms with Crippen molar-refractivity contribution < 1.29 is 9.53 Å². The normalized spacial score (nSPS) is 15.3. The summed E-state index contributed by atoms with van der Waals surface area (Å²) in [5, 5.41) is 11.6. The molecule has 0 fully saturated rings. The highest BCUT2D eigenvalue weighted by atomic mass is 32.2.